The highest BCUT2D eigenvalue weighted by atomic mass is 16.4. The van der Waals surface area contributed by atoms with Gasteiger partial charge in [-0.3, -0.25) is 4.79 Å². The zero-order valence-corrected chi connectivity index (χ0v) is 16.0. The number of piperidine rings is 1. The summed E-state index contributed by atoms with van der Waals surface area (Å²) in [5.41, 5.74) is 1.43. The van der Waals surface area contributed by atoms with Crippen LogP contribution < -0.4 is 5.32 Å². The van der Waals surface area contributed by atoms with Gasteiger partial charge in [-0.05, 0) is 60.9 Å². The van der Waals surface area contributed by atoms with Gasteiger partial charge in [0.05, 0.1) is 0 Å². The molecule has 1 aliphatic carbocycles. The Balaban J connectivity index is 1.25. The van der Waals surface area contributed by atoms with Crippen molar-refractivity contribution in [3.05, 3.63) is 42.5 Å². The highest BCUT2D eigenvalue weighted by molar-refractivity contribution is 5.86. The van der Waals surface area contributed by atoms with E-state index >= 15 is 0 Å². The van der Waals surface area contributed by atoms with Gasteiger partial charge < -0.3 is 14.6 Å². The summed E-state index contributed by atoms with van der Waals surface area (Å²) in [6.07, 6.45) is 4.95. The molecule has 6 heteroatoms. The number of rotatable bonds is 4. The maximum Gasteiger partial charge on any atom is 0.316 e. The molecule has 3 aromatic rings. The zero-order valence-electron chi connectivity index (χ0n) is 16.0. The summed E-state index contributed by atoms with van der Waals surface area (Å²) in [4.78, 5) is 14.7. The molecule has 1 spiro atoms. The molecule has 28 heavy (non-hydrogen) atoms. The number of nitrogens with one attached hydrogen (secondary N) is 1. The summed E-state index contributed by atoms with van der Waals surface area (Å²) < 4.78 is 5.77. The van der Waals surface area contributed by atoms with Crippen molar-refractivity contribution in [1.29, 1.82) is 0 Å². The molecule has 1 aliphatic heterocycles. The van der Waals surface area contributed by atoms with Crippen molar-refractivity contribution in [2.75, 3.05) is 18.4 Å². The van der Waals surface area contributed by atoms with Crippen LogP contribution in [0.4, 0.5) is 6.01 Å². The third-order valence-corrected chi connectivity index (χ3v) is 6.22. The lowest BCUT2D eigenvalue weighted by Crippen LogP contribution is -2.45. The second-order valence-corrected chi connectivity index (χ2v) is 8.17. The van der Waals surface area contributed by atoms with E-state index in [1.165, 1.54) is 12.8 Å². The van der Waals surface area contributed by atoms with Gasteiger partial charge >= 0.3 is 6.01 Å². The summed E-state index contributed by atoms with van der Waals surface area (Å²) in [6, 6.07) is 14.1. The molecule has 0 radical (unpaired) electrons. The van der Waals surface area contributed by atoms with Crippen LogP contribution in [-0.2, 0) is 4.79 Å². The van der Waals surface area contributed by atoms with Crippen molar-refractivity contribution in [3.8, 4) is 11.5 Å². The molecule has 1 unspecified atom stereocenters. The number of nitrogens with zero attached hydrogens (tertiary/aromatic N) is 3. The van der Waals surface area contributed by atoms with Crippen molar-refractivity contribution in [2.24, 2.45) is 5.41 Å². The SMILES string of the molecule is CC(Nc1nnc(-c2ccc3ccccc3c2)o1)C(=O)N1CCC2(CC1)CC2. The Bertz CT molecular complexity index is 1010. The zero-order chi connectivity index (χ0) is 19.1. The molecule has 2 aromatic carbocycles. The van der Waals surface area contributed by atoms with E-state index in [1.54, 1.807) is 0 Å². The van der Waals surface area contributed by atoms with E-state index in [9.17, 15) is 4.79 Å². The van der Waals surface area contributed by atoms with Crippen LogP contribution in [0.1, 0.15) is 32.6 Å². The smallest absolute Gasteiger partial charge is 0.316 e. The number of likely N-dealkylation sites (tertiary alicyclic amines) is 1. The van der Waals surface area contributed by atoms with Crippen LogP contribution >= 0.6 is 0 Å². The number of aromatic nitrogens is 2. The quantitative estimate of drug-likeness (QED) is 0.742. The molecule has 1 amide bonds. The lowest BCUT2D eigenvalue weighted by molar-refractivity contribution is -0.133. The van der Waals surface area contributed by atoms with Crippen molar-refractivity contribution >= 4 is 22.7 Å². The van der Waals surface area contributed by atoms with Gasteiger partial charge in [-0.2, -0.15) is 0 Å². The normalized spacial score (nSPS) is 19.0. The maximum absolute atomic E-state index is 12.7. The number of amides is 1. The number of anilines is 1. The van der Waals surface area contributed by atoms with Gasteiger partial charge in [0.1, 0.15) is 6.04 Å². The van der Waals surface area contributed by atoms with Crippen molar-refractivity contribution in [1.82, 2.24) is 15.1 Å². The molecule has 2 aliphatic rings. The average molecular weight is 376 g/mol. The van der Waals surface area contributed by atoms with Crippen molar-refractivity contribution < 1.29 is 9.21 Å². The minimum absolute atomic E-state index is 0.0981. The first-order valence-electron chi connectivity index (χ1n) is 10.00. The average Bonchev–Trinajstić information content (AvgIpc) is 3.31. The molecule has 0 bridgehead atoms. The minimum Gasteiger partial charge on any atom is -0.403 e. The minimum atomic E-state index is -0.391. The van der Waals surface area contributed by atoms with Gasteiger partial charge in [0.2, 0.25) is 11.8 Å². The third-order valence-electron chi connectivity index (χ3n) is 6.22. The third kappa shape index (κ3) is 3.23. The van der Waals surface area contributed by atoms with Gasteiger partial charge in [0.25, 0.3) is 0 Å². The Hall–Kier alpha value is -2.89. The first-order chi connectivity index (χ1) is 13.6. The van der Waals surface area contributed by atoms with E-state index in [-0.39, 0.29) is 11.9 Å². The van der Waals surface area contributed by atoms with E-state index in [0.29, 0.717) is 11.3 Å². The number of hydrogen-bond donors (Lipinski definition) is 1. The summed E-state index contributed by atoms with van der Waals surface area (Å²) in [7, 11) is 0. The Kier molecular flexibility index (Phi) is 4.07. The second-order valence-electron chi connectivity index (χ2n) is 8.17. The van der Waals surface area contributed by atoms with Gasteiger partial charge in [-0.1, -0.05) is 35.4 Å². The molecular formula is C22H24N4O2. The van der Waals surface area contributed by atoms with Crippen LogP contribution in [0, 0.1) is 5.41 Å². The van der Waals surface area contributed by atoms with E-state index in [2.05, 4.69) is 27.6 Å². The molecular weight excluding hydrogens is 352 g/mol. The molecule has 1 saturated heterocycles. The van der Waals surface area contributed by atoms with Gasteiger partial charge in [0.15, 0.2) is 0 Å². The highest BCUT2D eigenvalue weighted by Crippen LogP contribution is 2.53. The summed E-state index contributed by atoms with van der Waals surface area (Å²) in [6.45, 7) is 3.57. The molecule has 144 valence electrons. The monoisotopic (exact) mass is 376 g/mol. The molecule has 1 N–H and O–H groups in total. The maximum atomic E-state index is 12.7. The molecule has 2 fully saturated rings. The molecule has 5 rings (SSSR count). The second kappa shape index (κ2) is 6.62. The highest BCUT2D eigenvalue weighted by Gasteiger charge is 2.45. The number of fused-ring (bicyclic) bond motifs is 1. The summed E-state index contributed by atoms with van der Waals surface area (Å²) in [5.74, 6) is 0.544. The van der Waals surface area contributed by atoms with Crippen LogP contribution in [0.25, 0.3) is 22.2 Å². The number of carbonyl (C=O) groups is 1. The molecule has 1 saturated carbocycles. The fraction of sp³-hybridized carbons (Fsp3) is 0.409. The topological polar surface area (TPSA) is 71.3 Å². The fourth-order valence-corrected chi connectivity index (χ4v) is 4.12. The van der Waals surface area contributed by atoms with Gasteiger partial charge in [0, 0.05) is 18.7 Å². The Labute approximate surface area is 163 Å². The van der Waals surface area contributed by atoms with Gasteiger partial charge in [-0.25, -0.2) is 0 Å². The van der Waals surface area contributed by atoms with Crippen LogP contribution in [0.5, 0.6) is 0 Å². The first kappa shape index (κ1) is 17.2. The van der Waals surface area contributed by atoms with Crippen LogP contribution in [0.2, 0.25) is 0 Å². The lowest BCUT2D eigenvalue weighted by atomic mass is 9.93. The van der Waals surface area contributed by atoms with Gasteiger partial charge in [-0.15, -0.1) is 5.10 Å². The number of hydrogen-bond acceptors (Lipinski definition) is 5. The number of carbonyl (C=O) groups excluding carboxylic acids is 1. The largest absolute Gasteiger partial charge is 0.403 e. The molecule has 6 nitrogen and oxygen atoms in total. The molecule has 1 aromatic heterocycles. The van der Waals surface area contributed by atoms with Crippen LogP contribution in [0.3, 0.4) is 0 Å². The van der Waals surface area contributed by atoms with E-state index in [1.807, 2.05) is 42.2 Å². The summed E-state index contributed by atoms with van der Waals surface area (Å²) in [5, 5.41) is 13.6. The predicted molar refractivity (Wildman–Crippen MR) is 108 cm³/mol. The van der Waals surface area contributed by atoms with Crippen LogP contribution in [-0.4, -0.2) is 40.1 Å². The van der Waals surface area contributed by atoms with E-state index < -0.39 is 6.04 Å². The molecule has 2 heterocycles. The van der Waals surface area contributed by atoms with E-state index in [0.717, 1.165) is 42.3 Å². The van der Waals surface area contributed by atoms with Crippen LogP contribution in [0.15, 0.2) is 46.9 Å². The lowest BCUT2D eigenvalue weighted by Gasteiger charge is -2.33. The van der Waals surface area contributed by atoms with Crippen molar-refractivity contribution in [2.45, 2.75) is 38.6 Å². The number of benzene rings is 2. The Morgan fingerprint density at radius 2 is 1.82 bits per heavy atom. The van der Waals surface area contributed by atoms with Crippen molar-refractivity contribution in [3.63, 3.8) is 0 Å². The summed E-state index contributed by atoms with van der Waals surface area (Å²) >= 11 is 0. The predicted octanol–water partition coefficient (Wildman–Crippen LogP) is 4.09. The van der Waals surface area contributed by atoms with E-state index in [4.69, 9.17) is 4.42 Å². The standard InChI is InChI=1S/C22H24N4O2/c1-15(20(27)26-12-10-22(8-9-22)11-13-26)23-21-25-24-19(28-21)18-7-6-16-4-2-3-5-17(16)14-18/h2-7,14-15H,8-13H2,1H3,(H,23,25). The Morgan fingerprint density at radius 1 is 1.07 bits per heavy atom. The fourth-order valence-electron chi connectivity index (χ4n) is 4.12. The Morgan fingerprint density at radius 3 is 2.57 bits per heavy atom. The molecule has 1 atom stereocenters. The first-order valence-corrected chi connectivity index (χ1v) is 10.00.